The lowest BCUT2D eigenvalue weighted by Gasteiger charge is -2.26. The molecule has 2 aromatic rings. The summed E-state index contributed by atoms with van der Waals surface area (Å²) in [6.07, 6.45) is 0. The summed E-state index contributed by atoms with van der Waals surface area (Å²) in [4.78, 5) is 2.44. The van der Waals surface area contributed by atoms with Crippen molar-refractivity contribution in [2.75, 3.05) is 26.3 Å². The summed E-state index contributed by atoms with van der Waals surface area (Å²) >= 11 is 5.97. The minimum Gasteiger partial charge on any atom is -0.379 e. The van der Waals surface area contributed by atoms with Gasteiger partial charge in [0.15, 0.2) is 0 Å². The van der Waals surface area contributed by atoms with E-state index < -0.39 is 10.0 Å². The Kier molecular flexibility index (Phi) is 6.09. The van der Waals surface area contributed by atoms with Gasteiger partial charge in [0.25, 0.3) is 0 Å². The summed E-state index contributed by atoms with van der Waals surface area (Å²) in [7, 11) is -3.63. The highest BCUT2D eigenvalue weighted by Gasteiger charge is 2.17. The molecule has 0 spiro atoms. The average Bonchev–Trinajstić information content (AvgIpc) is 2.62. The molecule has 0 bridgehead atoms. The van der Waals surface area contributed by atoms with Crippen molar-refractivity contribution in [2.24, 2.45) is 0 Å². The number of hydrogen-bond acceptors (Lipinski definition) is 4. The van der Waals surface area contributed by atoms with Crippen LogP contribution in [0.5, 0.6) is 0 Å². The first-order valence-electron chi connectivity index (χ1n) is 8.17. The van der Waals surface area contributed by atoms with Crippen molar-refractivity contribution in [3.63, 3.8) is 0 Å². The van der Waals surface area contributed by atoms with Gasteiger partial charge in [0, 0.05) is 26.2 Å². The third kappa shape index (κ3) is 5.03. The predicted molar refractivity (Wildman–Crippen MR) is 98.0 cm³/mol. The number of morpholine rings is 1. The van der Waals surface area contributed by atoms with Crippen molar-refractivity contribution < 1.29 is 13.2 Å². The van der Waals surface area contributed by atoms with Crippen molar-refractivity contribution >= 4 is 21.6 Å². The molecule has 0 aliphatic carbocycles. The molecule has 1 N–H and O–H groups in total. The number of sulfonamides is 1. The molecule has 1 aliphatic rings. The second-order valence-corrected chi connectivity index (χ2v) is 8.10. The van der Waals surface area contributed by atoms with Crippen LogP contribution in [0.15, 0.2) is 53.4 Å². The number of halogens is 1. The summed E-state index contributed by atoms with van der Waals surface area (Å²) in [6.45, 7) is 4.56. The first-order chi connectivity index (χ1) is 12.0. The highest BCUT2D eigenvalue weighted by molar-refractivity contribution is 7.89. The van der Waals surface area contributed by atoms with Crippen molar-refractivity contribution in [2.45, 2.75) is 18.0 Å². The zero-order valence-electron chi connectivity index (χ0n) is 13.8. The normalized spacial score (nSPS) is 16.0. The lowest BCUT2D eigenvalue weighted by Crippen LogP contribution is -2.35. The lowest BCUT2D eigenvalue weighted by atomic mass is 10.1. The molecule has 3 rings (SSSR count). The fraction of sp³-hybridized carbons (Fsp3) is 0.333. The fourth-order valence-electron chi connectivity index (χ4n) is 2.70. The Morgan fingerprint density at radius 3 is 2.32 bits per heavy atom. The molecule has 0 amide bonds. The van der Waals surface area contributed by atoms with E-state index in [0.29, 0.717) is 0 Å². The molecule has 0 atom stereocenters. The standard InChI is InChI=1S/C18H21ClN2O3S/c19-17-3-1-2-4-18(17)25(22,23)20-13-15-5-7-16(8-6-15)14-21-9-11-24-12-10-21/h1-8,20H,9-14H2. The van der Waals surface area contributed by atoms with Crippen LogP contribution in [0.25, 0.3) is 0 Å². The van der Waals surface area contributed by atoms with Crippen molar-refractivity contribution in [3.05, 3.63) is 64.7 Å². The van der Waals surface area contributed by atoms with Crippen molar-refractivity contribution in [1.29, 1.82) is 0 Å². The van der Waals surface area contributed by atoms with Gasteiger partial charge in [0.05, 0.1) is 18.2 Å². The molecule has 1 aliphatic heterocycles. The van der Waals surface area contributed by atoms with Crippen LogP contribution in [-0.2, 0) is 27.8 Å². The van der Waals surface area contributed by atoms with Crippen LogP contribution in [0.2, 0.25) is 5.02 Å². The summed E-state index contributed by atoms with van der Waals surface area (Å²) in [5.74, 6) is 0. The molecular weight excluding hydrogens is 360 g/mol. The van der Waals surface area contributed by atoms with E-state index >= 15 is 0 Å². The predicted octanol–water partition coefficient (Wildman–Crippen LogP) is 2.65. The maximum absolute atomic E-state index is 12.3. The van der Waals surface area contributed by atoms with Crippen LogP contribution >= 0.6 is 11.6 Å². The van der Waals surface area contributed by atoms with Gasteiger partial charge in [-0.15, -0.1) is 0 Å². The maximum Gasteiger partial charge on any atom is 0.242 e. The number of nitrogens with one attached hydrogen (secondary N) is 1. The van der Waals surface area contributed by atoms with E-state index in [-0.39, 0.29) is 16.5 Å². The first kappa shape index (κ1) is 18.4. The molecular formula is C18H21ClN2O3S. The molecule has 134 valence electrons. The van der Waals surface area contributed by atoms with Crippen molar-refractivity contribution in [1.82, 2.24) is 9.62 Å². The van der Waals surface area contributed by atoms with Crippen LogP contribution < -0.4 is 4.72 Å². The van der Waals surface area contributed by atoms with Gasteiger partial charge in [-0.1, -0.05) is 48.0 Å². The first-order valence-corrected chi connectivity index (χ1v) is 10.0. The Morgan fingerprint density at radius 2 is 1.64 bits per heavy atom. The van der Waals surface area contributed by atoms with E-state index in [1.165, 1.54) is 11.6 Å². The number of rotatable bonds is 6. The zero-order valence-corrected chi connectivity index (χ0v) is 15.4. The topological polar surface area (TPSA) is 58.6 Å². The van der Waals surface area contributed by atoms with Gasteiger partial charge in [-0.2, -0.15) is 0 Å². The highest BCUT2D eigenvalue weighted by Crippen LogP contribution is 2.20. The second-order valence-electron chi connectivity index (χ2n) is 5.96. The zero-order chi connectivity index (χ0) is 17.7. The highest BCUT2D eigenvalue weighted by atomic mass is 35.5. The molecule has 25 heavy (non-hydrogen) atoms. The van der Waals surface area contributed by atoms with Gasteiger partial charge in [0.2, 0.25) is 10.0 Å². The summed E-state index contributed by atoms with van der Waals surface area (Å²) in [5.41, 5.74) is 2.11. The maximum atomic E-state index is 12.3. The molecule has 1 saturated heterocycles. The van der Waals surface area contributed by atoms with Crippen LogP contribution in [0.3, 0.4) is 0 Å². The molecule has 0 saturated carbocycles. The smallest absolute Gasteiger partial charge is 0.242 e. The van der Waals surface area contributed by atoms with E-state index in [1.54, 1.807) is 18.2 Å². The minimum atomic E-state index is -3.63. The molecule has 1 heterocycles. The van der Waals surface area contributed by atoms with E-state index in [1.807, 2.05) is 24.3 Å². The molecule has 7 heteroatoms. The van der Waals surface area contributed by atoms with Crippen LogP contribution in [0.4, 0.5) is 0 Å². The van der Waals surface area contributed by atoms with E-state index in [9.17, 15) is 8.42 Å². The minimum absolute atomic E-state index is 0.0978. The summed E-state index contributed by atoms with van der Waals surface area (Å²) in [6, 6.07) is 14.4. The van der Waals surface area contributed by atoms with Gasteiger partial charge in [0.1, 0.15) is 4.90 Å². The average molecular weight is 381 g/mol. The summed E-state index contributed by atoms with van der Waals surface area (Å²) < 4.78 is 32.6. The molecule has 2 aromatic carbocycles. The van der Waals surface area contributed by atoms with Gasteiger partial charge >= 0.3 is 0 Å². The Labute approximate surface area is 153 Å². The number of nitrogens with zero attached hydrogens (tertiary/aromatic N) is 1. The molecule has 0 unspecified atom stereocenters. The van der Waals surface area contributed by atoms with E-state index in [2.05, 4.69) is 9.62 Å². The molecule has 1 fully saturated rings. The van der Waals surface area contributed by atoms with Crippen molar-refractivity contribution in [3.8, 4) is 0 Å². The largest absolute Gasteiger partial charge is 0.379 e. The number of hydrogen-bond donors (Lipinski definition) is 1. The van der Waals surface area contributed by atoms with E-state index in [4.69, 9.17) is 16.3 Å². The third-order valence-electron chi connectivity index (χ3n) is 4.13. The Morgan fingerprint density at radius 1 is 1.00 bits per heavy atom. The van der Waals surface area contributed by atoms with Gasteiger partial charge in [-0.05, 0) is 23.3 Å². The van der Waals surface area contributed by atoms with Gasteiger partial charge in [-0.25, -0.2) is 13.1 Å². The number of benzene rings is 2. The fourth-order valence-corrected chi connectivity index (χ4v) is 4.23. The Bertz CT molecular complexity index is 803. The molecule has 0 radical (unpaired) electrons. The van der Waals surface area contributed by atoms with Crippen LogP contribution in [0.1, 0.15) is 11.1 Å². The second kappa shape index (κ2) is 8.29. The van der Waals surface area contributed by atoms with Crippen LogP contribution in [0, 0.1) is 0 Å². The Balaban J connectivity index is 1.59. The third-order valence-corrected chi connectivity index (χ3v) is 6.03. The molecule has 0 aromatic heterocycles. The van der Waals surface area contributed by atoms with Crippen LogP contribution in [-0.4, -0.2) is 39.6 Å². The number of ether oxygens (including phenoxy) is 1. The SMILES string of the molecule is O=S(=O)(NCc1ccc(CN2CCOCC2)cc1)c1ccccc1Cl. The quantitative estimate of drug-likeness (QED) is 0.837. The lowest BCUT2D eigenvalue weighted by molar-refractivity contribution is 0.0342. The molecule has 5 nitrogen and oxygen atoms in total. The monoisotopic (exact) mass is 380 g/mol. The van der Waals surface area contributed by atoms with E-state index in [0.717, 1.165) is 38.4 Å². The summed E-state index contributed by atoms with van der Waals surface area (Å²) in [5, 5.41) is 0.218. The van der Waals surface area contributed by atoms with Gasteiger partial charge in [-0.3, -0.25) is 4.90 Å². The van der Waals surface area contributed by atoms with Gasteiger partial charge < -0.3 is 4.74 Å². The Hall–Kier alpha value is -1.44.